The van der Waals surface area contributed by atoms with Crippen LogP contribution in [0, 0.1) is 5.82 Å². The van der Waals surface area contributed by atoms with Gasteiger partial charge in [0.2, 0.25) is 0 Å². The number of ketones is 1. The molecule has 1 aliphatic rings. The van der Waals surface area contributed by atoms with Gasteiger partial charge in [0.05, 0.1) is 17.7 Å². The average Bonchev–Trinajstić information content (AvgIpc) is 2.88. The zero-order valence-corrected chi connectivity index (χ0v) is 11.5. The fourth-order valence-electron chi connectivity index (χ4n) is 2.15. The first-order chi connectivity index (χ1) is 9.16. The number of hydrogen-bond donors (Lipinski definition) is 0. The Bertz CT molecular complexity index is 667. The summed E-state index contributed by atoms with van der Waals surface area (Å²) in [7, 11) is 0. The van der Waals surface area contributed by atoms with Crippen molar-refractivity contribution in [1.82, 2.24) is 0 Å². The summed E-state index contributed by atoms with van der Waals surface area (Å²) in [6, 6.07) is 9.93. The van der Waals surface area contributed by atoms with Crippen molar-refractivity contribution in [2.24, 2.45) is 0 Å². The molecule has 0 spiro atoms. The summed E-state index contributed by atoms with van der Waals surface area (Å²) in [5, 5.41) is 0. The number of halogens is 2. The lowest BCUT2D eigenvalue weighted by atomic mass is 9.99. The van der Waals surface area contributed by atoms with E-state index in [9.17, 15) is 9.18 Å². The van der Waals surface area contributed by atoms with E-state index in [4.69, 9.17) is 4.74 Å². The van der Waals surface area contributed by atoms with Gasteiger partial charge in [-0.25, -0.2) is 4.39 Å². The van der Waals surface area contributed by atoms with Gasteiger partial charge in [0, 0.05) is 11.1 Å². The smallest absolute Gasteiger partial charge is 0.194 e. The lowest BCUT2D eigenvalue weighted by Crippen LogP contribution is -2.04. The minimum Gasteiger partial charge on any atom is -0.372 e. The average molecular weight is 321 g/mol. The first kappa shape index (κ1) is 12.5. The van der Waals surface area contributed by atoms with Gasteiger partial charge in [-0.15, -0.1) is 0 Å². The van der Waals surface area contributed by atoms with Gasteiger partial charge in [-0.1, -0.05) is 18.2 Å². The molecular formula is C15H10BrFO2. The number of rotatable bonds is 2. The van der Waals surface area contributed by atoms with Gasteiger partial charge in [0.25, 0.3) is 0 Å². The fraction of sp³-hybridized carbons (Fsp3) is 0.133. The van der Waals surface area contributed by atoms with E-state index in [1.54, 1.807) is 12.1 Å². The molecule has 0 N–H and O–H groups in total. The maximum atomic E-state index is 13.5. The van der Waals surface area contributed by atoms with Crippen LogP contribution in [0.1, 0.15) is 27.0 Å². The Kier molecular flexibility index (Phi) is 3.21. The van der Waals surface area contributed by atoms with Crippen molar-refractivity contribution in [3.8, 4) is 0 Å². The summed E-state index contributed by atoms with van der Waals surface area (Å²) in [4.78, 5) is 12.4. The quantitative estimate of drug-likeness (QED) is 0.786. The molecule has 4 heteroatoms. The third-order valence-electron chi connectivity index (χ3n) is 3.18. The maximum Gasteiger partial charge on any atom is 0.194 e. The van der Waals surface area contributed by atoms with Crippen LogP contribution in [-0.2, 0) is 18.0 Å². The van der Waals surface area contributed by atoms with E-state index in [2.05, 4.69) is 15.9 Å². The highest BCUT2D eigenvalue weighted by atomic mass is 79.9. The minimum absolute atomic E-state index is 0.193. The van der Waals surface area contributed by atoms with Crippen LogP contribution in [0.3, 0.4) is 0 Å². The van der Waals surface area contributed by atoms with Crippen LogP contribution in [-0.4, -0.2) is 5.78 Å². The lowest BCUT2D eigenvalue weighted by Gasteiger charge is -2.06. The monoisotopic (exact) mass is 320 g/mol. The van der Waals surface area contributed by atoms with E-state index >= 15 is 0 Å². The zero-order valence-electron chi connectivity index (χ0n) is 9.95. The molecule has 1 heterocycles. The molecule has 0 bridgehead atoms. The molecule has 0 atom stereocenters. The molecule has 19 heavy (non-hydrogen) atoms. The fourth-order valence-corrected chi connectivity index (χ4v) is 2.59. The highest BCUT2D eigenvalue weighted by Crippen LogP contribution is 2.26. The molecule has 3 rings (SSSR count). The third kappa shape index (κ3) is 2.22. The van der Waals surface area contributed by atoms with Crippen LogP contribution in [0.4, 0.5) is 4.39 Å². The summed E-state index contributed by atoms with van der Waals surface area (Å²) in [6.07, 6.45) is 0. The molecule has 0 fully saturated rings. The van der Waals surface area contributed by atoms with Crippen molar-refractivity contribution in [2.75, 3.05) is 0 Å². The van der Waals surface area contributed by atoms with E-state index in [-0.39, 0.29) is 10.3 Å². The van der Waals surface area contributed by atoms with Gasteiger partial charge >= 0.3 is 0 Å². The van der Waals surface area contributed by atoms with Gasteiger partial charge in [0.1, 0.15) is 5.82 Å². The molecule has 0 unspecified atom stereocenters. The van der Waals surface area contributed by atoms with E-state index in [1.807, 2.05) is 12.1 Å². The summed E-state index contributed by atoms with van der Waals surface area (Å²) < 4.78 is 19.0. The number of carbonyl (C=O) groups is 1. The minimum atomic E-state index is -0.435. The van der Waals surface area contributed by atoms with Gasteiger partial charge in [0.15, 0.2) is 5.78 Å². The number of benzene rings is 2. The maximum absolute atomic E-state index is 13.5. The topological polar surface area (TPSA) is 26.3 Å². The van der Waals surface area contributed by atoms with Gasteiger partial charge < -0.3 is 4.74 Å². The SMILES string of the molecule is O=C(c1ccc2c(c1)COC2)c1cccc(F)c1Br. The summed E-state index contributed by atoms with van der Waals surface area (Å²) >= 11 is 3.12. The molecule has 0 saturated heterocycles. The van der Waals surface area contributed by atoms with Crippen LogP contribution >= 0.6 is 15.9 Å². The van der Waals surface area contributed by atoms with Crippen LogP contribution in [0.2, 0.25) is 0 Å². The molecule has 96 valence electrons. The van der Waals surface area contributed by atoms with Gasteiger partial charge in [-0.2, -0.15) is 0 Å². The van der Waals surface area contributed by atoms with E-state index in [1.165, 1.54) is 12.1 Å². The normalized spacial score (nSPS) is 13.4. The first-order valence-corrected chi connectivity index (χ1v) is 6.64. The van der Waals surface area contributed by atoms with Crippen LogP contribution in [0.15, 0.2) is 40.9 Å². The number of fused-ring (bicyclic) bond motifs is 1. The molecule has 0 radical (unpaired) electrons. The summed E-state index contributed by atoms with van der Waals surface area (Å²) in [6.45, 7) is 1.12. The van der Waals surface area contributed by atoms with E-state index in [0.717, 1.165) is 11.1 Å². The Balaban J connectivity index is 2.02. The Morgan fingerprint density at radius 2 is 1.95 bits per heavy atom. The van der Waals surface area contributed by atoms with Crippen LogP contribution < -0.4 is 0 Å². The van der Waals surface area contributed by atoms with Crippen molar-refractivity contribution in [1.29, 1.82) is 0 Å². The first-order valence-electron chi connectivity index (χ1n) is 5.85. The second-order valence-electron chi connectivity index (χ2n) is 4.41. The Morgan fingerprint density at radius 3 is 2.79 bits per heavy atom. The summed E-state index contributed by atoms with van der Waals surface area (Å²) in [5.41, 5.74) is 3.02. The van der Waals surface area contributed by atoms with Crippen molar-refractivity contribution in [2.45, 2.75) is 13.2 Å². The second kappa shape index (κ2) is 4.87. The van der Waals surface area contributed by atoms with Crippen LogP contribution in [0.25, 0.3) is 0 Å². The molecule has 1 aliphatic heterocycles. The molecule has 0 aromatic heterocycles. The second-order valence-corrected chi connectivity index (χ2v) is 5.20. The van der Waals surface area contributed by atoms with Gasteiger partial charge in [-0.05, 0) is 45.3 Å². The third-order valence-corrected chi connectivity index (χ3v) is 3.99. The van der Waals surface area contributed by atoms with Crippen molar-refractivity contribution in [3.63, 3.8) is 0 Å². The molecule has 2 nitrogen and oxygen atoms in total. The largest absolute Gasteiger partial charge is 0.372 e. The predicted molar refractivity (Wildman–Crippen MR) is 72.5 cm³/mol. The number of carbonyl (C=O) groups excluding carboxylic acids is 1. The number of ether oxygens (including phenoxy) is 1. The lowest BCUT2D eigenvalue weighted by molar-refractivity contribution is 0.103. The molecule has 0 aliphatic carbocycles. The zero-order chi connectivity index (χ0) is 13.4. The standard InChI is InChI=1S/C15H10BrFO2/c16-14-12(2-1-3-13(14)17)15(18)9-4-5-10-7-19-8-11(10)6-9/h1-6H,7-8H2. The van der Waals surface area contributed by atoms with Crippen molar-refractivity contribution < 1.29 is 13.9 Å². The van der Waals surface area contributed by atoms with E-state index in [0.29, 0.717) is 24.3 Å². The molecule has 0 amide bonds. The Labute approximate surface area is 118 Å². The molecule has 2 aromatic rings. The molecule has 2 aromatic carbocycles. The number of hydrogen-bond acceptors (Lipinski definition) is 2. The molecule has 0 saturated carbocycles. The van der Waals surface area contributed by atoms with E-state index < -0.39 is 5.82 Å². The van der Waals surface area contributed by atoms with Crippen molar-refractivity contribution >= 4 is 21.7 Å². The Morgan fingerprint density at radius 1 is 1.16 bits per heavy atom. The highest BCUT2D eigenvalue weighted by molar-refractivity contribution is 9.10. The summed E-state index contributed by atoms with van der Waals surface area (Å²) in [5.74, 6) is -0.628. The van der Waals surface area contributed by atoms with Gasteiger partial charge in [-0.3, -0.25) is 4.79 Å². The molecular weight excluding hydrogens is 311 g/mol. The predicted octanol–water partition coefficient (Wildman–Crippen LogP) is 3.85. The van der Waals surface area contributed by atoms with Crippen molar-refractivity contribution in [3.05, 3.63) is 68.9 Å². The van der Waals surface area contributed by atoms with Crippen LogP contribution in [0.5, 0.6) is 0 Å². The Hall–Kier alpha value is -1.52. The highest BCUT2D eigenvalue weighted by Gasteiger charge is 2.18.